The minimum atomic E-state index is -0.850. The van der Waals surface area contributed by atoms with Crippen LogP contribution in [0.5, 0.6) is 0 Å². The lowest BCUT2D eigenvalue weighted by molar-refractivity contribution is -0.127. The third-order valence-electron chi connectivity index (χ3n) is 4.57. The molecule has 0 spiro atoms. The van der Waals surface area contributed by atoms with Crippen LogP contribution in [0.15, 0.2) is 40.4 Å². The van der Waals surface area contributed by atoms with E-state index in [0.29, 0.717) is 5.96 Å². The molecule has 0 radical (unpaired) electrons. The maximum atomic E-state index is 12.5. The summed E-state index contributed by atoms with van der Waals surface area (Å²) in [6.07, 6.45) is 0.0379. The van der Waals surface area contributed by atoms with Crippen LogP contribution in [0.4, 0.5) is 4.79 Å². The number of amides is 3. The van der Waals surface area contributed by atoms with E-state index < -0.39 is 30.2 Å². The number of ether oxygens (including phenoxy) is 1. The van der Waals surface area contributed by atoms with Crippen LogP contribution in [0, 0.1) is 0 Å². The molecule has 3 unspecified atom stereocenters. The number of hydrogen-bond donors (Lipinski definition) is 3. The molecule has 1 aromatic carbocycles. The highest BCUT2D eigenvalue weighted by Crippen LogP contribution is 2.23. The molecule has 1 fully saturated rings. The van der Waals surface area contributed by atoms with Gasteiger partial charge in [0.05, 0.1) is 31.6 Å². The number of benzene rings is 1. The fourth-order valence-corrected chi connectivity index (χ4v) is 3.11. The summed E-state index contributed by atoms with van der Waals surface area (Å²) in [6.45, 7) is 3.96. The number of carbonyl (C=O) groups is 2. The van der Waals surface area contributed by atoms with E-state index in [-0.39, 0.29) is 19.3 Å². The first-order valence-electron chi connectivity index (χ1n) is 9.42. The molecule has 1 aromatic rings. The molecule has 0 aliphatic carbocycles. The van der Waals surface area contributed by atoms with E-state index in [4.69, 9.17) is 4.74 Å². The maximum Gasteiger partial charge on any atom is 0.325 e. The van der Waals surface area contributed by atoms with Gasteiger partial charge in [0.1, 0.15) is 0 Å². The molecule has 1 saturated heterocycles. The normalized spacial score (nSPS) is 22.7. The van der Waals surface area contributed by atoms with Crippen LogP contribution >= 0.6 is 0 Å². The number of urea groups is 1. The first kappa shape index (κ1) is 20.7. The number of carbonyl (C=O) groups excluding carboxylic acids is 2. The van der Waals surface area contributed by atoms with E-state index in [1.807, 2.05) is 44.2 Å². The van der Waals surface area contributed by atoms with Crippen molar-refractivity contribution >= 4 is 24.1 Å². The van der Waals surface area contributed by atoms with Crippen molar-refractivity contribution in [3.05, 3.63) is 35.9 Å². The van der Waals surface area contributed by atoms with Crippen molar-refractivity contribution in [3.8, 4) is 0 Å². The fourth-order valence-electron chi connectivity index (χ4n) is 3.11. The fraction of sp³-hybridized carbons (Fsp3) is 0.474. The molecular weight excluding hydrogens is 376 g/mol. The maximum absolute atomic E-state index is 12.5. The molecule has 2 aliphatic rings. The molecule has 29 heavy (non-hydrogen) atoms. The summed E-state index contributed by atoms with van der Waals surface area (Å²) < 4.78 is 5.46. The molecule has 3 atom stereocenters. The van der Waals surface area contributed by atoms with Gasteiger partial charge in [-0.1, -0.05) is 30.3 Å². The molecule has 2 heterocycles. The number of aliphatic hydroxyl groups is 1. The lowest BCUT2D eigenvalue weighted by atomic mass is 10.1. The Hall–Kier alpha value is -2.98. The molecular formula is C19H26N6O4. The number of β-amino-alcohol motifs (C(OH)–C–C–N with tert-alkyl or cyclic N) is 1. The summed E-state index contributed by atoms with van der Waals surface area (Å²) >= 11 is 0. The van der Waals surface area contributed by atoms with Crippen LogP contribution in [0.3, 0.4) is 0 Å². The zero-order valence-corrected chi connectivity index (χ0v) is 16.6. The number of likely N-dealkylation sites (N-methyl/N-ethyl adjacent to an activating group) is 1. The van der Waals surface area contributed by atoms with Gasteiger partial charge in [-0.2, -0.15) is 5.10 Å². The Balaban J connectivity index is 1.77. The summed E-state index contributed by atoms with van der Waals surface area (Å²) in [7, 11) is 1.57. The Morgan fingerprint density at radius 1 is 1.34 bits per heavy atom. The van der Waals surface area contributed by atoms with Gasteiger partial charge in [0.2, 0.25) is 5.96 Å². The lowest BCUT2D eigenvalue weighted by Gasteiger charge is -2.36. The quantitative estimate of drug-likeness (QED) is 0.434. The van der Waals surface area contributed by atoms with Crippen LogP contribution < -0.4 is 10.7 Å². The summed E-state index contributed by atoms with van der Waals surface area (Å²) in [6, 6.07) is 8.21. The Labute approximate surface area is 169 Å². The van der Waals surface area contributed by atoms with Gasteiger partial charge in [-0.3, -0.25) is 10.1 Å². The van der Waals surface area contributed by atoms with Gasteiger partial charge < -0.3 is 19.6 Å². The van der Waals surface area contributed by atoms with Crippen molar-refractivity contribution in [1.29, 1.82) is 0 Å². The number of aliphatic hydroxyl groups excluding tert-OH is 1. The molecule has 3 amide bonds. The van der Waals surface area contributed by atoms with E-state index in [1.165, 1.54) is 4.90 Å². The minimum Gasteiger partial charge on any atom is -0.389 e. The van der Waals surface area contributed by atoms with Gasteiger partial charge in [-0.15, -0.1) is 0 Å². The van der Waals surface area contributed by atoms with E-state index in [0.717, 1.165) is 5.56 Å². The molecule has 0 aromatic heterocycles. The topological polar surface area (TPSA) is 119 Å². The van der Waals surface area contributed by atoms with Crippen LogP contribution in [0.2, 0.25) is 0 Å². The number of nitrogens with one attached hydrogen (secondary N) is 2. The van der Waals surface area contributed by atoms with Gasteiger partial charge in [0, 0.05) is 7.05 Å². The molecule has 3 rings (SSSR count). The zero-order valence-electron chi connectivity index (χ0n) is 16.6. The Kier molecular flexibility index (Phi) is 6.45. The van der Waals surface area contributed by atoms with Gasteiger partial charge in [0.25, 0.3) is 5.91 Å². The second-order valence-electron chi connectivity index (χ2n) is 7.19. The first-order chi connectivity index (χ1) is 13.9. The number of imide groups is 1. The van der Waals surface area contributed by atoms with Gasteiger partial charge in [-0.25, -0.2) is 15.2 Å². The average Bonchev–Trinajstić information content (AvgIpc) is 3.04. The smallest absolute Gasteiger partial charge is 0.325 e. The Morgan fingerprint density at radius 2 is 2.07 bits per heavy atom. The molecule has 2 aliphatic heterocycles. The Morgan fingerprint density at radius 3 is 2.76 bits per heavy atom. The number of hydrazone groups is 1. The highest BCUT2D eigenvalue weighted by atomic mass is 16.5. The second-order valence-corrected chi connectivity index (χ2v) is 7.19. The summed E-state index contributed by atoms with van der Waals surface area (Å²) in [5.41, 5.74) is 3.73. The van der Waals surface area contributed by atoms with Crippen LogP contribution in [-0.4, -0.2) is 83.6 Å². The summed E-state index contributed by atoms with van der Waals surface area (Å²) in [4.78, 5) is 31.9. The standard InChI is InChI=1S/C19H26N6O4/c1-12(2)29-11-14(26)10-25-15-16(24(3)19(28)22-17(15)27)21-18(25)23-20-9-13-7-5-4-6-8-13/h4-9,12,14-16,26H,10-11H2,1-3H3,(H,21,23)(H,22,27,28)/b20-9+. The number of fused-ring (bicyclic) bond motifs is 1. The predicted octanol–water partition coefficient (Wildman–Crippen LogP) is -0.0561. The number of hydrogen-bond acceptors (Lipinski definition) is 8. The molecule has 0 bridgehead atoms. The highest BCUT2D eigenvalue weighted by Gasteiger charge is 2.49. The van der Waals surface area contributed by atoms with Gasteiger partial charge >= 0.3 is 6.03 Å². The van der Waals surface area contributed by atoms with Gasteiger partial charge in [-0.05, 0) is 19.4 Å². The van der Waals surface area contributed by atoms with Crippen molar-refractivity contribution in [2.45, 2.75) is 38.3 Å². The average molecular weight is 402 g/mol. The van der Waals surface area contributed by atoms with E-state index in [2.05, 4.69) is 20.8 Å². The van der Waals surface area contributed by atoms with E-state index in [1.54, 1.807) is 18.2 Å². The van der Waals surface area contributed by atoms with Crippen molar-refractivity contribution in [1.82, 2.24) is 20.5 Å². The third kappa shape index (κ3) is 4.90. The van der Waals surface area contributed by atoms with Gasteiger partial charge in [0.15, 0.2) is 12.2 Å². The summed E-state index contributed by atoms with van der Waals surface area (Å²) in [5.74, 6) is -0.171. The van der Waals surface area contributed by atoms with E-state index >= 15 is 0 Å². The van der Waals surface area contributed by atoms with Crippen molar-refractivity contribution in [3.63, 3.8) is 0 Å². The first-order valence-corrected chi connectivity index (χ1v) is 9.42. The number of rotatable bonds is 7. The second kappa shape index (κ2) is 9.01. The number of aliphatic imine (C=N–C) groups is 1. The van der Waals surface area contributed by atoms with Crippen molar-refractivity contribution in [2.24, 2.45) is 10.1 Å². The Bertz CT molecular complexity index is 797. The lowest BCUT2D eigenvalue weighted by Crippen LogP contribution is -2.64. The molecule has 156 valence electrons. The number of nitrogens with zero attached hydrogens (tertiary/aromatic N) is 4. The molecule has 0 saturated carbocycles. The van der Waals surface area contributed by atoms with Crippen LogP contribution in [0.1, 0.15) is 19.4 Å². The molecule has 10 heteroatoms. The molecule has 10 nitrogen and oxygen atoms in total. The zero-order chi connectivity index (χ0) is 21.0. The monoisotopic (exact) mass is 402 g/mol. The van der Waals surface area contributed by atoms with Crippen molar-refractivity contribution in [2.75, 3.05) is 20.2 Å². The van der Waals surface area contributed by atoms with Crippen molar-refractivity contribution < 1.29 is 19.4 Å². The van der Waals surface area contributed by atoms with Crippen LogP contribution in [-0.2, 0) is 9.53 Å². The third-order valence-corrected chi connectivity index (χ3v) is 4.57. The largest absolute Gasteiger partial charge is 0.389 e. The van der Waals surface area contributed by atoms with Crippen LogP contribution in [0.25, 0.3) is 0 Å². The highest BCUT2D eigenvalue weighted by molar-refractivity contribution is 6.03. The predicted molar refractivity (Wildman–Crippen MR) is 107 cm³/mol. The summed E-state index contributed by atoms with van der Waals surface area (Å²) in [5, 5.41) is 16.9. The SMILES string of the molecule is CC(C)OCC(O)CN1C(N/N=C/c2ccccc2)=NC2C1C(=O)NC(=O)N2C. The number of guanidine groups is 1. The molecule has 3 N–H and O–H groups in total. The van der Waals surface area contributed by atoms with E-state index in [9.17, 15) is 14.7 Å². The minimum absolute atomic E-state index is 0.0283.